The van der Waals surface area contributed by atoms with E-state index in [4.69, 9.17) is 18.9 Å². The largest absolute Gasteiger partial charge is 0.502 e. The second-order valence-electron chi connectivity index (χ2n) is 4.75. The van der Waals surface area contributed by atoms with Crippen molar-refractivity contribution in [3.8, 4) is 28.7 Å². The third-order valence-corrected chi connectivity index (χ3v) is 3.46. The highest BCUT2D eigenvalue weighted by Crippen LogP contribution is 2.38. The Bertz CT molecular complexity index is 747. The van der Waals surface area contributed by atoms with Gasteiger partial charge in [-0.1, -0.05) is 0 Å². The molecule has 24 heavy (non-hydrogen) atoms. The molecular weight excluding hydrogens is 319 g/mol. The number of methoxy groups -OCH3 is 4. The fourth-order valence-electron chi connectivity index (χ4n) is 2.22. The van der Waals surface area contributed by atoms with Gasteiger partial charge in [-0.3, -0.25) is 4.79 Å². The van der Waals surface area contributed by atoms with Gasteiger partial charge in [-0.2, -0.15) is 0 Å². The molecule has 6 nitrogen and oxygen atoms in total. The Kier molecular flexibility index (Phi) is 5.13. The Balaban J connectivity index is 2.60. The topological polar surface area (TPSA) is 74.2 Å². The summed E-state index contributed by atoms with van der Waals surface area (Å²) in [5.74, 6) is -1.22. The molecule has 0 aromatic heterocycles. The van der Waals surface area contributed by atoms with Crippen molar-refractivity contribution in [2.24, 2.45) is 0 Å². The monoisotopic (exact) mass is 336 g/mol. The second-order valence-corrected chi connectivity index (χ2v) is 4.75. The standard InChI is InChI=1S/C17H17FO6/c1-21-12-8-11(18)13(22-2)7-10(12)16(19)9-5-14(23-3)17(20)15(6-9)24-4/h5-8,20H,1-4H3. The summed E-state index contributed by atoms with van der Waals surface area (Å²) in [7, 11) is 5.33. The first-order valence-electron chi connectivity index (χ1n) is 6.88. The van der Waals surface area contributed by atoms with Crippen LogP contribution in [-0.2, 0) is 0 Å². The van der Waals surface area contributed by atoms with Gasteiger partial charge >= 0.3 is 0 Å². The highest BCUT2D eigenvalue weighted by molar-refractivity contribution is 6.11. The molecule has 0 spiro atoms. The van der Waals surface area contributed by atoms with Crippen LogP contribution in [0.25, 0.3) is 0 Å². The summed E-state index contributed by atoms with van der Waals surface area (Å²) in [6.45, 7) is 0. The molecule has 2 aromatic carbocycles. The fraction of sp³-hybridized carbons (Fsp3) is 0.235. The average Bonchev–Trinajstić information content (AvgIpc) is 2.60. The SMILES string of the molecule is COc1cc(C(=O)c2cc(OC)c(O)c(OC)c2)c(OC)cc1F. The van der Waals surface area contributed by atoms with Crippen molar-refractivity contribution in [1.82, 2.24) is 0 Å². The highest BCUT2D eigenvalue weighted by atomic mass is 19.1. The van der Waals surface area contributed by atoms with Gasteiger partial charge in [-0.15, -0.1) is 0 Å². The molecule has 0 radical (unpaired) electrons. The summed E-state index contributed by atoms with van der Waals surface area (Å²) < 4.78 is 33.8. The Labute approximate surface area is 138 Å². The van der Waals surface area contributed by atoms with Gasteiger partial charge in [0.25, 0.3) is 0 Å². The molecule has 0 bridgehead atoms. The van der Waals surface area contributed by atoms with E-state index in [0.717, 1.165) is 6.07 Å². The Morgan fingerprint density at radius 2 is 1.33 bits per heavy atom. The van der Waals surface area contributed by atoms with E-state index in [9.17, 15) is 14.3 Å². The normalized spacial score (nSPS) is 10.2. The van der Waals surface area contributed by atoms with Crippen LogP contribution in [-0.4, -0.2) is 39.3 Å². The zero-order valence-corrected chi connectivity index (χ0v) is 13.7. The lowest BCUT2D eigenvalue weighted by Crippen LogP contribution is -2.06. The number of rotatable bonds is 6. The third-order valence-electron chi connectivity index (χ3n) is 3.46. The number of ketones is 1. The zero-order chi connectivity index (χ0) is 17.9. The van der Waals surface area contributed by atoms with E-state index in [2.05, 4.69) is 0 Å². The van der Waals surface area contributed by atoms with Crippen molar-refractivity contribution in [1.29, 1.82) is 0 Å². The van der Waals surface area contributed by atoms with E-state index in [1.54, 1.807) is 0 Å². The molecule has 0 fully saturated rings. The van der Waals surface area contributed by atoms with E-state index < -0.39 is 11.6 Å². The number of phenols is 1. The van der Waals surface area contributed by atoms with Crippen molar-refractivity contribution < 1.29 is 33.2 Å². The van der Waals surface area contributed by atoms with Gasteiger partial charge in [0.15, 0.2) is 28.8 Å². The molecule has 128 valence electrons. The summed E-state index contributed by atoms with van der Waals surface area (Å²) in [5.41, 5.74) is 0.277. The summed E-state index contributed by atoms with van der Waals surface area (Å²) in [6.07, 6.45) is 0. The van der Waals surface area contributed by atoms with Crippen molar-refractivity contribution in [2.75, 3.05) is 28.4 Å². The smallest absolute Gasteiger partial charge is 0.200 e. The lowest BCUT2D eigenvalue weighted by Gasteiger charge is -2.13. The van der Waals surface area contributed by atoms with Crippen LogP contribution in [0.15, 0.2) is 24.3 Å². The molecule has 1 N–H and O–H groups in total. The van der Waals surface area contributed by atoms with E-state index in [1.165, 1.54) is 46.6 Å². The molecule has 0 amide bonds. The van der Waals surface area contributed by atoms with Crippen LogP contribution in [0.4, 0.5) is 4.39 Å². The Morgan fingerprint density at radius 3 is 1.79 bits per heavy atom. The maximum atomic E-state index is 13.8. The minimum atomic E-state index is -0.647. The molecule has 2 aromatic rings. The fourth-order valence-corrected chi connectivity index (χ4v) is 2.22. The highest BCUT2D eigenvalue weighted by Gasteiger charge is 2.22. The predicted octanol–water partition coefficient (Wildman–Crippen LogP) is 2.80. The number of carbonyl (C=O) groups is 1. The number of aromatic hydroxyl groups is 1. The Hall–Kier alpha value is -2.96. The van der Waals surface area contributed by atoms with Gasteiger partial charge in [0.2, 0.25) is 5.75 Å². The summed E-state index contributed by atoms with van der Waals surface area (Å²) in [5, 5.41) is 9.93. The molecule has 2 rings (SSSR count). The first-order chi connectivity index (χ1) is 11.5. The quantitative estimate of drug-likeness (QED) is 0.818. The van der Waals surface area contributed by atoms with Crippen LogP contribution in [0, 0.1) is 5.82 Å². The molecule has 0 saturated heterocycles. The summed E-state index contributed by atoms with van der Waals surface area (Å²) in [6, 6.07) is 5.04. The molecule has 0 aliphatic carbocycles. The number of carbonyl (C=O) groups excluding carboxylic acids is 1. The minimum Gasteiger partial charge on any atom is -0.502 e. The first kappa shape index (κ1) is 17.4. The molecule has 0 aliphatic heterocycles. The number of phenolic OH excluding ortho intramolecular Hbond substituents is 1. The third kappa shape index (κ3) is 3.05. The molecule has 0 aliphatic rings. The van der Waals surface area contributed by atoms with Crippen LogP contribution in [0.2, 0.25) is 0 Å². The minimum absolute atomic E-state index is 0.0595. The number of ether oxygens (including phenoxy) is 4. The van der Waals surface area contributed by atoms with Crippen LogP contribution in [0.1, 0.15) is 15.9 Å². The van der Waals surface area contributed by atoms with E-state index in [-0.39, 0.29) is 39.9 Å². The van der Waals surface area contributed by atoms with E-state index in [0.29, 0.717) is 0 Å². The molecule has 0 atom stereocenters. The van der Waals surface area contributed by atoms with Crippen LogP contribution in [0.5, 0.6) is 28.7 Å². The second kappa shape index (κ2) is 7.08. The van der Waals surface area contributed by atoms with E-state index >= 15 is 0 Å². The van der Waals surface area contributed by atoms with Gasteiger partial charge in [0.05, 0.1) is 34.0 Å². The van der Waals surface area contributed by atoms with E-state index in [1.807, 2.05) is 0 Å². The molecule has 0 heterocycles. The van der Waals surface area contributed by atoms with Gasteiger partial charge in [0, 0.05) is 11.6 Å². The number of halogens is 1. The van der Waals surface area contributed by atoms with Crippen molar-refractivity contribution in [2.45, 2.75) is 0 Å². The van der Waals surface area contributed by atoms with Gasteiger partial charge in [-0.25, -0.2) is 4.39 Å². The molecule has 0 unspecified atom stereocenters. The lowest BCUT2D eigenvalue weighted by molar-refractivity contribution is 0.103. The van der Waals surface area contributed by atoms with Gasteiger partial charge in [-0.05, 0) is 18.2 Å². The Morgan fingerprint density at radius 1 is 0.833 bits per heavy atom. The molecule has 0 saturated carbocycles. The molecule has 7 heteroatoms. The lowest BCUT2D eigenvalue weighted by atomic mass is 10.0. The van der Waals surface area contributed by atoms with Crippen LogP contribution < -0.4 is 18.9 Å². The van der Waals surface area contributed by atoms with Crippen molar-refractivity contribution in [3.63, 3.8) is 0 Å². The predicted molar refractivity (Wildman–Crippen MR) is 84.1 cm³/mol. The maximum Gasteiger partial charge on any atom is 0.200 e. The van der Waals surface area contributed by atoms with Gasteiger partial charge < -0.3 is 24.1 Å². The first-order valence-corrected chi connectivity index (χ1v) is 6.88. The van der Waals surface area contributed by atoms with Crippen molar-refractivity contribution in [3.05, 3.63) is 41.2 Å². The number of hydrogen-bond donors (Lipinski definition) is 1. The van der Waals surface area contributed by atoms with Gasteiger partial charge in [0.1, 0.15) is 5.75 Å². The van der Waals surface area contributed by atoms with Crippen LogP contribution in [0.3, 0.4) is 0 Å². The number of benzene rings is 2. The summed E-state index contributed by atoms with van der Waals surface area (Å²) in [4.78, 5) is 12.8. The maximum absolute atomic E-state index is 13.8. The van der Waals surface area contributed by atoms with Crippen LogP contribution >= 0.6 is 0 Å². The molecular formula is C17H17FO6. The summed E-state index contributed by atoms with van der Waals surface area (Å²) >= 11 is 0. The number of hydrogen-bond acceptors (Lipinski definition) is 6. The zero-order valence-electron chi connectivity index (χ0n) is 13.7. The van der Waals surface area contributed by atoms with Crippen molar-refractivity contribution >= 4 is 5.78 Å². The average molecular weight is 336 g/mol.